The van der Waals surface area contributed by atoms with Gasteiger partial charge in [0.15, 0.2) is 0 Å². The Labute approximate surface area is 98.0 Å². The van der Waals surface area contributed by atoms with Gasteiger partial charge in [-0.2, -0.15) is 0 Å². The van der Waals surface area contributed by atoms with Gasteiger partial charge in [-0.15, -0.1) is 0 Å². The van der Waals surface area contributed by atoms with Crippen molar-refractivity contribution >= 4 is 6.21 Å². The maximum absolute atomic E-state index is 11.4. The number of rotatable bonds is 4. The summed E-state index contributed by atoms with van der Waals surface area (Å²) in [5, 5.41) is 9.61. The molecule has 1 aromatic heterocycles. The van der Waals surface area contributed by atoms with E-state index in [0.717, 1.165) is 11.1 Å². The van der Waals surface area contributed by atoms with Crippen molar-refractivity contribution in [2.45, 2.75) is 0 Å². The van der Waals surface area contributed by atoms with E-state index < -0.39 is 11.2 Å². The van der Waals surface area contributed by atoms with E-state index in [1.807, 2.05) is 19.0 Å². The molecule has 2 N–H and O–H groups in total. The Morgan fingerprint density at radius 2 is 2.12 bits per heavy atom. The molecular weight excluding hydrogens is 224 g/mol. The van der Waals surface area contributed by atoms with Gasteiger partial charge >= 0.3 is 5.69 Å². The Kier molecular flexibility index (Phi) is 4.22. The molecule has 17 heavy (non-hydrogen) atoms. The zero-order valence-corrected chi connectivity index (χ0v) is 10.1. The van der Waals surface area contributed by atoms with E-state index in [-0.39, 0.29) is 11.4 Å². The van der Waals surface area contributed by atoms with Crippen LogP contribution in [0, 0.1) is 0 Å². The number of nitrogens with zero attached hydrogens (tertiary/aromatic N) is 3. The van der Waals surface area contributed by atoms with Crippen LogP contribution in [0.1, 0.15) is 5.56 Å². The van der Waals surface area contributed by atoms with Crippen molar-refractivity contribution in [2.24, 2.45) is 12.0 Å². The molecule has 0 aliphatic carbocycles. The summed E-state index contributed by atoms with van der Waals surface area (Å²) >= 11 is 0. The Morgan fingerprint density at radius 3 is 2.71 bits per heavy atom. The molecule has 0 aliphatic rings. The Morgan fingerprint density at radius 1 is 1.47 bits per heavy atom. The molecule has 1 heterocycles. The number of hydrogen-bond donors (Lipinski definition) is 2. The third-order valence-corrected chi connectivity index (χ3v) is 2.23. The van der Waals surface area contributed by atoms with Gasteiger partial charge in [0.1, 0.15) is 5.56 Å². The standard InChI is InChI=1S/C10H16N4O3/c1-13(2)5-4-11-6-7-8(15)12-10(17)14(3)9(7)16/h6,16H,4-5H2,1-3H3,(H,12,15,17). The van der Waals surface area contributed by atoms with Crippen LogP contribution in [-0.2, 0) is 7.05 Å². The van der Waals surface area contributed by atoms with Crippen LogP contribution in [0.4, 0.5) is 0 Å². The van der Waals surface area contributed by atoms with E-state index >= 15 is 0 Å². The monoisotopic (exact) mass is 240 g/mol. The van der Waals surface area contributed by atoms with Crippen molar-refractivity contribution in [3.05, 3.63) is 26.4 Å². The quantitative estimate of drug-likeness (QED) is 0.644. The lowest BCUT2D eigenvalue weighted by atomic mass is 10.3. The normalized spacial score (nSPS) is 11.5. The second kappa shape index (κ2) is 5.44. The number of likely N-dealkylation sites (N-methyl/N-ethyl adjacent to an activating group) is 1. The maximum atomic E-state index is 11.4. The topological polar surface area (TPSA) is 90.7 Å². The predicted octanol–water partition coefficient (Wildman–Crippen LogP) is -1.24. The first-order valence-electron chi connectivity index (χ1n) is 5.10. The molecule has 1 rings (SSSR count). The first kappa shape index (κ1) is 13.2. The summed E-state index contributed by atoms with van der Waals surface area (Å²) in [5.41, 5.74) is -1.30. The molecule has 0 bridgehead atoms. The lowest BCUT2D eigenvalue weighted by Gasteiger charge is -2.06. The third-order valence-electron chi connectivity index (χ3n) is 2.23. The summed E-state index contributed by atoms with van der Waals surface area (Å²) in [5.74, 6) is -0.382. The zero-order chi connectivity index (χ0) is 13.0. The minimum Gasteiger partial charge on any atom is -0.494 e. The van der Waals surface area contributed by atoms with Gasteiger partial charge in [0.05, 0.1) is 6.54 Å². The molecule has 0 saturated carbocycles. The van der Waals surface area contributed by atoms with Crippen LogP contribution >= 0.6 is 0 Å². The number of aromatic hydroxyl groups is 1. The lowest BCUT2D eigenvalue weighted by molar-refractivity contribution is 0.416. The molecule has 0 spiro atoms. The van der Waals surface area contributed by atoms with Crippen LogP contribution in [0.15, 0.2) is 14.6 Å². The molecule has 0 aromatic carbocycles. The first-order valence-corrected chi connectivity index (χ1v) is 5.10. The van der Waals surface area contributed by atoms with Crippen molar-refractivity contribution < 1.29 is 5.11 Å². The van der Waals surface area contributed by atoms with Crippen LogP contribution < -0.4 is 11.2 Å². The summed E-state index contributed by atoms with van der Waals surface area (Å²) in [6, 6.07) is 0. The smallest absolute Gasteiger partial charge is 0.330 e. The number of H-pyrrole nitrogens is 1. The predicted molar refractivity (Wildman–Crippen MR) is 65.0 cm³/mol. The molecular formula is C10H16N4O3. The van der Waals surface area contributed by atoms with Gasteiger partial charge in [0.2, 0.25) is 5.88 Å². The molecule has 0 fully saturated rings. The molecule has 1 aromatic rings. The fraction of sp³-hybridized carbons (Fsp3) is 0.500. The first-order chi connectivity index (χ1) is 7.93. The molecule has 0 unspecified atom stereocenters. The highest BCUT2D eigenvalue weighted by Gasteiger charge is 2.08. The summed E-state index contributed by atoms with van der Waals surface area (Å²) in [6.45, 7) is 1.25. The number of aromatic amines is 1. The fourth-order valence-electron chi connectivity index (χ4n) is 1.16. The summed E-state index contributed by atoms with van der Waals surface area (Å²) in [6.07, 6.45) is 1.27. The summed E-state index contributed by atoms with van der Waals surface area (Å²) in [4.78, 5) is 30.6. The number of aliphatic imine (C=N–C) groups is 1. The Bertz CT molecular complexity index is 527. The van der Waals surface area contributed by atoms with Gasteiger partial charge in [0, 0.05) is 19.8 Å². The molecule has 94 valence electrons. The average Bonchev–Trinajstić information content (AvgIpc) is 2.24. The van der Waals surface area contributed by atoms with Crippen molar-refractivity contribution in [3.63, 3.8) is 0 Å². The van der Waals surface area contributed by atoms with E-state index in [4.69, 9.17) is 0 Å². The van der Waals surface area contributed by atoms with Crippen molar-refractivity contribution in [1.82, 2.24) is 14.5 Å². The van der Waals surface area contributed by atoms with E-state index in [2.05, 4.69) is 9.98 Å². The van der Waals surface area contributed by atoms with Crippen molar-refractivity contribution in [2.75, 3.05) is 27.2 Å². The SMILES string of the molecule is CN(C)CCN=Cc1c(O)n(C)c(=O)[nH]c1=O. The highest BCUT2D eigenvalue weighted by Crippen LogP contribution is 2.04. The zero-order valence-electron chi connectivity index (χ0n) is 10.1. The second-order valence-electron chi connectivity index (χ2n) is 3.89. The number of hydrogen-bond acceptors (Lipinski definition) is 5. The molecule has 7 nitrogen and oxygen atoms in total. The van der Waals surface area contributed by atoms with Crippen LogP contribution in [0.3, 0.4) is 0 Å². The number of nitrogens with one attached hydrogen (secondary N) is 1. The van der Waals surface area contributed by atoms with Crippen molar-refractivity contribution in [1.29, 1.82) is 0 Å². The number of aromatic nitrogens is 2. The van der Waals surface area contributed by atoms with Gasteiger partial charge in [-0.1, -0.05) is 0 Å². The van der Waals surface area contributed by atoms with Crippen LogP contribution in [0.5, 0.6) is 5.88 Å². The van der Waals surface area contributed by atoms with E-state index in [1.54, 1.807) is 0 Å². The summed E-state index contributed by atoms with van der Waals surface area (Å²) < 4.78 is 0.953. The molecule has 0 saturated heterocycles. The highest BCUT2D eigenvalue weighted by atomic mass is 16.3. The van der Waals surface area contributed by atoms with E-state index in [9.17, 15) is 14.7 Å². The molecule has 0 atom stereocenters. The maximum Gasteiger partial charge on any atom is 0.330 e. The third kappa shape index (κ3) is 3.28. The highest BCUT2D eigenvalue weighted by molar-refractivity contribution is 5.81. The molecule has 0 radical (unpaired) electrons. The Balaban J connectivity index is 2.96. The average molecular weight is 240 g/mol. The van der Waals surface area contributed by atoms with Gasteiger partial charge < -0.3 is 10.0 Å². The fourth-order valence-corrected chi connectivity index (χ4v) is 1.16. The second-order valence-corrected chi connectivity index (χ2v) is 3.89. The minimum absolute atomic E-state index is 0.00847. The minimum atomic E-state index is -0.655. The van der Waals surface area contributed by atoms with Gasteiger partial charge in [0.25, 0.3) is 5.56 Å². The van der Waals surface area contributed by atoms with Crippen molar-refractivity contribution in [3.8, 4) is 5.88 Å². The largest absolute Gasteiger partial charge is 0.494 e. The van der Waals surface area contributed by atoms with Gasteiger partial charge in [-0.25, -0.2) is 4.79 Å². The molecule has 0 aliphatic heterocycles. The lowest BCUT2D eigenvalue weighted by Crippen LogP contribution is -2.30. The Hall–Kier alpha value is -1.89. The van der Waals surface area contributed by atoms with Crippen LogP contribution in [0.2, 0.25) is 0 Å². The van der Waals surface area contributed by atoms with Gasteiger partial charge in [-0.05, 0) is 14.1 Å². The molecule has 7 heteroatoms. The summed E-state index contributed by atoms with van der Waals surface area (Å²) in [7, 11) is 5.18. The van der Waals surface area contributed by atoms with Crippen LogP contribution in [0.25, 0.3) is 0 Å². The molecule has 0 amide bonds. The van der Waals surface area contributed by atoms with Gasteiger partial charge in [-0.3, -0.25) is 19.3 Å². The van der Waals surface area contributed by atoms with E-state index in [1.165, 1.54) is 13.3 Å². The van der Waals surface area contributed by atoms with E-state index in [0.29, 0.717) is 6.54 Å². The van der Waals surface area contributed by atoms with Crippen LogP contribution in [-0.4, -0.2) is 53.0 Å².